The third kappa shape index (κ3) is 7.55. The summed E-state index contributed by atoms with van der Waals surface area (Å²) in [7, 11) is 0. The molecule has 0 aromatic heterocycles. The van der Waals surface area contributed by atoms with E-state index in [1.165, 1.54) is 43.2 Å². The third-order valence-electron chi connectivity index (χ3n) is 8.24. The Bertz CT molecular complexity index is 936. The van der Waals surface area contributed by atoms with E-state index in [4.69, 9.17) is 24.1 Å². The van der Waals surface area contributed by atoms with Crippen molar-refractivity contribution < 1.29 is 42.1 Å². The quantitative estimate of drug-likeness (QED) is 0.276. The summed E-state index contributed by atoms with van der Waals surface area (Å²) in [5, 5.41) is 10.9. The molecule has 1 heterocycles. The second kappa shape index (κ2) is 13.5. The van der Waals surface area contributed by atoms with E-state index in [1.807, 2.05) is 6.07 Å². The van der Waals surface area contributed by atoms with E-state index in [0.717, 1.165) is 50.3 Å². The smallest absolute Gasteiger partial charge is 0.475 e. The maximum absolute atomic E-state index is 12.0. The van der Waals surface area contributed by atoms with Gasteiger partial charge in [-0.05, 0) is 73.7 Å². The molecule has 1 aliphatic heterocycles. The summed E-state index contributed by atoms with van der Waals surface area (Å²) < 4.78 is 48.0. The number of carbonyl (C=O) groups excluding carboxylic acids is 1. The van der Waals surface area contributed by atoms with Gasteiger partial charge >= 0.3 is 18.3 Å². The number of alkyl halides is 3. The van der Waals surface area contributed by atoms with Crippen molar-refractivity contribution in [2.24, 2.45) is 11.8 Å². The maximum atomic E-state index is 12.0. The number of piperidine rings is 1. The zero-order valence-electron chi connectivity index (χ0n) is 22.3. The fourth-order valence-electron chi connectivity index (χ4n) is 6.26. The van der Waals surface area contributed by atoms with E-state index < -0.39 is 18.3 Å². The van der Waals surface area contributed by atoms with Crippen LogP contribution in [0.4, 0.5) is 18.0 Å². The molecule has 3 aliphatic rings. The monoisotopic (exact) mass is 543 g/mol. The molecule has 0 spiro atoms. The summed E-state index contributed by atoms with van der Waals surface area (Å²) in [5.74, 6) is -0.821. The minimum Gasteiger partial charge on any atom is -0.475 e. The van der Waals surface area contributed by atoms with Gasteiger partial charge in [-0.2, -0.15) is 13.2 Å². The highest BCUT2D eigenvalue weighted by Crippen LogP contribution is 2.54. The van der Waals surface area contributed by atoms with E-state index in [-0.39, 0.29) is 6.79 Å². The first-order chi connectivity index (χ1) is 18.1. The summed E-state index contributed by atoms with van der Waals surface area (Å²) in [5.41, 5.74) is 3.24. The number of ether oxygens (including phenoxy) is 3. The van der Waals surface area contributed by atoms with Crippen molar-refractivity contribution in [3.63, 3.8) is 0 Å². The van der Waals surface area contributed by atoms with Crippen LogP contribution in [0.2, 0.25) is 0 Å². The summed E-state index contributed by atoms with van der Waals surface area (Å²) in [4.78, 5) is 20.9. The van der Waals surface area contributed by atoms with Crippen LogP contribution in [0.15, 0.2) is 18.2 Å². The van der Waals surface area contributed by atoms with Crippen LogP contribution in [0.5, 0.6) is 5.75 Å². The van der Waals surface area contributed by atoms with Gasteiger partial charge in [-0.1, -0.05) is 52.0 Å². The van der Waals surface area contributed by atoms with Crippen LogP contribution in [-0.2, 0) is 26.1 Å². The topological polar surface area (TPSA) is 94.1 Å². The summed E-state index contributed by atoms with van der Waals surface area (Å²) in [6, 6.07) is 7.08. The van der Waals surface area contributed by atoms with E-state index in [2.05, 4.69) is 31.3 Å². The maximum Gasteiger partial charge on any atom is 0.511 e. The fraction of sp³-hybridized carbons (Fsp3) is 0.714. The van der Waals surface area contributed by atoms with Gasteiger partial charge in [0.2, 0.25) is 6.79 Å². The van der Waals surface area contributed by atoms with Gasteiger partial charge in [0.25, 0.3) is 0 Å². The van der Waals surface area contributed by atoms with Gasteiger partial charge in [0.15, 0.2) is 0 Å². The van der Waals surface area contributed by atoms with Crippen molar-refractivity contribution in [1.82, 2.24) is 5.32 Å². The van der Waals surface area contributed by atoms with Crippen molar-refractivity contribution in [3.05, 3.63) is 29.3 Å². The molecule has 7 nitrogen and oxygen atoms in total. The van der Waals surface area contributed by atoms with Crippen LogP contribution in [0, 0.1) is 11.8 Å². The predicted octanol–water partition coefficient (Wildman–Crippen LogP) is 6.37. The van der Waals surface area contributed by atoms with Gasteiger partial charge in [-0.25, -0.2) is 9.59 Å². The van der Waals surface area contributed by atoms with Gasteiger partial charge in [-0.3, -0.25) is 0 Å². The third-order valence-corrected chi connectivity index (χ3v) is 8.24. The predicted molar refractivity (Wildman–Crippen MR) is 135 cm³/mol. The van der Waals surface area contributed by atoms with Gasteiger partial charge in [-0.15, -0.1) is 0 Å². The van der Waals surface area contributed by atoms with Crippen LogP contribution in [0.3, 0.4) is 0 Å². The highest BCUT2D eigenvalue weighted by atomic mass is 19.4. The van der Waals surface area contributed by atoms with E-state index in [1.54, 1.807) is 0 Å². The summed E-state index contributed by atoms with van der Waals surface area (Å²) in [6.07, 6.45) is 6.31. The first-order valence-corrected chi connectivity index (χ1v) is 13.7. The van der Waals surface area contributed by atoms with Crippen LogP contribution >= 0.6 is 0 Å². The minimum atomic E-state index is -5.08. The standard InChI is InChI=1S/C26H39NO4.C2HF3O2/c1-3-5-8-19(4-2)17-29-25(28)31-18-30-21-11-10-20-15-24-22-9-6-7-12-26(22,13-14-27-24)23(20)16-21;3-2(4,5)1(6)7/h10-11,16,19,22,24,27H,3-9,12-15,17-18H2,1-2H3;(H,6,7)/t19?,22-,24+,26-;/m1./s1. The van der Waals surface area contributed by atoms with Gasteiger partial charge in [0, 0.05) is 11.5 Å². The largest absolute Gasteiger partial charge is 0.511 e. The van der Waals surface area contributed by atoms with Crippen molar-refractivity contribution in [3.8, 4) is 5.75 Å². The number of hydrogen-bond donors (Lipinski definition) is 2. The van der Waals surface area contributed by atoms with Crippen molar-refractivity contribution in [2.45, 2.75) is 95.7 Å². The second-order valence-electron chi connectivity index (χ2n) is 10.5. The summed E-state index contributed by atoms with van der Waals surface area (Å²) in [6.45, 7) is 5.74. The molecule has 1 unspecified atom stereocenters. The molecule has 4 atom stereocenters. The Kier molecular flexibility index (Phi) is 10.7. The average Bonchev–Trinajstić information content (AvgIpc) is 2.89. The number of halogens is 3. The molecule has 38 heavy (non-hydrogen) atoms. The van der Waals surface area contributed by atoms with Crippen LogP contribution in [0.25, 0.3) is 0 Å². The molecule has 2 aliphatic carbocycles. The number of rotatable bonds is 9. The highest BCUT2D eigenvalue weighted by molar-refractivity contribution is 5.73. The second-order valence-corrected chi connectivity index (χ2v) is 10.5. The molecule has 2 N–H and O–H groups in total. The number of carboxylic acid groups (broad SMARTS) is 1. The molecule has 1 aromatic rings. The first-order valence-electron chi connectivity index (χ1n) is 13.7. The van der Waals surface area contributed by atoms with Crippen molar-refractivity contribution in [2.75, 3.05) is 19.9 Å². The molecule has 1 saturated carbocycles. The summed E-state index contributed by atoms with van der Waals surface area (Å²) >= 11 is 0. The fourth-order valence-corrected chi connectivity index (χ4v) is 6.26. The Morgan fingerprint density at radius 1 is 1.18 bits per heavy atom. The molecule has 1 saturated heterocycles. The number of fused-ring (bicyclic) bond motifs is 1. The zero-order chi connectivity index (χ0) is 27.8. The molecule has 10 heteroatoms. The Morgan fingerprint density at radius 3 is 2.63 bits per heavy atom. The van der Waals surface area contributed by atoms with Crippen LogP contribution in [0.1, 0.15) is 82.8 Å². The number of nitrogens with one attached hydrogen (secondary N) is 1. The van der Waals surface area contributed by atoms with Gasteiger partial charge < -0.3 is 24.6 Å². The number of benzene rings is 1. The van der Waals surface area contributed by atoms with Crippen LogP contribution < -0.4 is 10.1 Å². The Labute approximate surface area is 222 Å². The SMILES string of the molecule is CCCCC(CC)COC(=O)OCOc1ccc2c(c1)[C@@]13CCCC[C@@H]1[C@H](C2)NCC3.O=C(O)C(F)(F)F. The highest BCUT2D eigenvalue weighted by Gasteiger charge is 2.51. The molecule has 4 rings (SSSR count). The molecular weight excluding hydrogens is 503 g/mol. The van der Waals surface area contributed by atoms with E-state index >= 15 is 0 Å². The normalized spacial score (nSPS) is 24.6. The minimum absolute atomic E-state index is 0.107. The van der Waals surface area contributed by atoms with Gasteiger partial charge in [0.1, 0.15) is 5.75 Å². The Morgan fingerprint density at radius 2 is 1.95 bits per heavy atom. The molecule has 1 aromatic carbocycles. The lowest BCUT2D eigenvalue weighted by molar-refractivity contribution is -0.192. The molecule has 0 radical (unpaired) electrons. The van der Waals surface area contributed by atoms with Crippen molar-refractivity contribution in [1.29, 1.82) is 0 Å². The zero-order valence-corrected chi connectivity index (χ0v) is 22.3. The number of unbranched alkanes of at least 4 members (excludes halogenated alkanes) is 1. The number of carboxylic acids is 1. The van der Waals surface area contributed by atoms with Crippen LogP contribution in [-0.4, -0.2) is 49.4 Å². The lowest BCUT2D eigenvalue weighted by Crippen LogP contribution is -2.59. The number of carbonyl (C=O) groups is 2. The Hall–Kier alpha value is -2.49. The number of hydrogen-bond acceptors (Lipinski definition) is 6. The lowest BCUT2D eigenvalue weighted by atomic mass is 9.53. The first kappa shape index (κ1) is 30.1. The molecular formula is C28H40F3NO6. The van der Waals surface area contributed by atoms with Gasteiger partial charge in [0.05, 0.1) is 6.61 Å². The van der Waals surface area contributed by atoms with Crippen molar-refractivity contribution >= 4 is 12.1 Å². The lowest BCUT2D eigenvalue weighted by Gasteiger charge is -2.56. The molecule has 0 amide bonds. The average molecular weight is 544 g/mol. The molecule has 214 valence electrons. The number of aliphatic carboxylic acids is 1. The van der Waals surface area contributed by atoms with E-state index in [0.29, 0.717) is 24.0 Å². The Balaban J connectivity index is 0.000000505. The van der Waals surface area contributed by atoms with E-state index in [9.17, 15) is 18.0 Å². The molecule has 2 bridgehead atoms. The molecule has 2 fully saturated rings.